The van der Waals surface area contributed by atoms with Crippen molar-refractivity contribution in [2.75, 3.05) is 68.0 Å². The third-order valence-electron chi connectivity index (χ3n) is 12.9. The largest absolute Gasteiger partial charge is 0.384 e. The van der Waals surface area contributed by atoms with Gasteiger partial charge in [-0.3, -0.25) is 38.9 Å². The molecule has 7 heterocycles. The van der Waals surface area contributed by atoms with Crippen LogP contribution in [0.15, 0.2) is 42.9 Å². The highest BCUT2D eigenvalue weighted by molar-refractivity contribution is 6.25. The summed E-state index contributed by atoms with van der Waals surface area (Å²) < 4.78 is 37.0. The molecule has 0 bridgehead atoms. The number of nitrogens with one attached hydrogen (secondary N) is 3. The third kappa shape index (κ3) is 8.32. The molecule has 17 nitrogen and oxygen atoms in total. The molecule has 0 spiro atoms. The number of hydrogen-bond acceptors (Lipinski definition) is 12. The summed E-state index contributed by atoms with van der Waals surface area (Å²) in [5.41, 5.74) is 1.13. The molecule has 3 saturated heterocycles. The molecule has 4 aliphatic heterocycles. The summed E-state index contributed by atoms with van der Waals surface area (Å²) in [5.74, 6) is -0.981. The van der Waals surface area contributed by atoms with Gasteiger partial charge in [-0.1, -0.05) is 6.07 Å². The zero-order chi connectivity index (χ0) is 42.2. The first-order valence-corrected chi connectivity index (χ1v) is 21.3. The molecule has 61 heavy (non-hydrogen) atoms. The van der Waals surface area contributed by atoms with Crippen LogP contribution in [-0.4, -0.2) is 122 Å². The number of benzene rings is 1. The molecule has 3 aromatic heterocycles. The quantitative estimate of drug-likeness (QED) is 0.172. The molecular weight excluding hydrogens is 793 g/mol. The van der Waals surface area contributed by atoms with Crippen molar-refractivity contribution in [2.24, 2.45) is 11.8 Å². The molecule has 5 aliphatic rings. The van der Waals surface area contributed by atoms with E-state index in [-0.39, 0.29) is 41.3 Å². The van der Waals surface area contributed by atoms with E-state index in [1.807, 2.05) is 6.07 Å². The highest BCUT2D eigenvalue weighted by Gasteiger charge is 2.45. The van der Waals surface area contributed by atoms with Gasteiger partial charge < -0.3 is 25.2 Å². The molecule has 4 aromatic rings. The number of aromatic nitrogens is 5. The maximum Gasteiger partial charge on any atom is 0.284 e. The Morgan fingerprint density at radius 3 is 2.46 bits per heavy atom. The summed E-state index contributed by atoms with van der Waals surface area (Å²) in [6.45, 7) is 6.08. The van der Waals surface area contributed by atoms with Crippen LogP contribution in [0.2, 0.25) is 0 Å². The fraction of sp³-hybridized carbons (Fsp3) is 0.524. The first-order chi connectivity index (χ1) is 29.6. The number of piperidine rings is 2. The van der Waals surface area contributed by atoms with E-state index >= 15 is 0 Å². The van der Waals surface area contributed by atoms with Gasteiger partial charge in [-0.2, -0.15) is 10.2 Å². The van der Waals surface area contributed by atoms with Crippen molar-refractivity contribution >= 4 is 52.4 Å². The van der Waals surface area contributed by atoms with Crippen LogP contribution < -0.4 is 20.9 Å². The minimum absolute atomic E-state index is 0.0171. The minimum atomic E-state index is -2.87. The number of rotatable bonds is 12. The number of hydrogen-bond donors (Lipinski definition) is 3. The first kappa shape index (κ1) is 40.6. The van der Waals surface area contributed by atoms with E-state index in [1.54, 1.807) is 29.1 Å². The standard InChI is InChI=1S/C42H49F2N11O6/c43-37(44)36-31(47-39(57)29-22-46-53-17-13-33(48-38(29)53)52-18-20-61-21-19-52)24-54(50-36)27-6-4-26(5-7-27)23-51-15-11-25(12-16-51)10-14-45-30-3-1-2-28-35(30)42(60)55(41(28)59)32-8-9-34(56)49-40(32)58/h1-3,13,17,22,24-27,32,37,45H,4-12,14-16,18-21,23H2,(H,47,57)(H,49,56,58). The van der Waals surface area contributed by atoms with Gasteiger partial charge in [0, 0.05) is 50.7 Å². The maximum absolute atomic E-state index is 14.3. The summed E-state index contributed by atoms with van der Waals surface area (Å²) in [6, 6.07) is 5.87. The van der Waals surface area contributed by atoms with Gasteiger partial charge in [-0.25, -0.2) is 18.3 Å². The average Bonchev–Trinajstić information content (AvgIpc) is 3.96. The molecule has 5 amide bonds. The van der Waals surface area contributed by atoms with Crippen molar-refractivity contribution < 1.29 is 37.5 Å². The van der Waals surface area contributed by atoms with Gasteiger partial charge in [0.05, 0.1) is 42.3 Å². The highest BCUT2D eigenvalue weighted by Crippen LogP contribution is 2.37. The lowest BCUT2D eigenvalue weighted by atomic mass is 9.85. The molecule has 9 rings (SSSR count). The molecule has 1 aliphatic carbocycles. The summed E-state index contributed by atoms with van der Waals surface area (Å²) in [6.07, 6.45) is 8.45. The number of halogens is 2. The number of alkyl halides is 2. The number of morpholine rings is 1. The number of likely N-dealkylation sites (tertiary alicyclic amines) is 1. The molecule has 19 heteroatoms. The van der Waals surface area contributed by atoms with Crippen LogP contribution >= 0.6 is 0 Å². The van der Waals surface area contributed by atoms with Crippen LogP contribution in [0, 0.1) is 11.8 Å². The van der Waals surface area contributed by atoms with E-state index in [2.05, 4.69) is 40.9 Å². The second kappa shape index (κ2) is 17.3. The van der Waals surface area contributed by atoms with Gasteiger partial charge in [0.2, 0.25) is 11.8 Å². The Kier molecular flexibility index (Phi) is 11.5. The van der Waals surface area contributed by atoms with Crippen LogP contribution in [-0.2, 0) is 14.3 Å². The lowest BCUT2D eigenvalue weighted by molar-refractivity contribution is -0.136. The molecule has 1 atom stereocenters. The Labute approximate surface area is 350 Å². The molecule has 0 radical (unpaired) electrons. The van der Waals surface area contributed by atoms with Crippen molar-refractivity contribution in [1.82, 2.24) is 39.5 Å². The molecular formula is C42H49F2N11O6. The number of fused-ring (bicyclic) bond motifs is 2. The first-order valence-electron chi connectivity index (χ1n) is 21.3. The van der Waals surface area contributed by atoms with E-state index < -0.39 is 47.7 Å². The van der Waals surface area contributed by atoms with E-state index in [1.165, 1.54) is 16.9 Å². The number of ether oxygens (including phenoxy) is 1. The highest BCUT2D eigenvalue weighted by atomic mass is 19.3. The van der Waals surface area contributed by atoms with E-state index in [4.69, 9.17) is 4.74 Å². The summed E-state index contributed by atoms with van der Waals surface area (Å²) in [5, 5.41) is 16.8. The van der Waals surface area contributed by atoms with Gasteiger partial charge in [-0.05, 0) is 94.5 Å². The number of amides is 5. The fourth-order valence-corrected chi connectivity index (χ4v) is 9.52. The summed E-state index contributed by atoms with van der Waals surface area (Å²) in [4.78, 5) is 74.4. The van der Waals surface area contributed by atoms with E-state index in [0.29, 0.717) is 61.8 Å². The van der Waals surface area contributed by atoms with Gasteiger partial charge in [0.15, 0.2) is 11.3 Å². The number of nitrogens with zero attached hydrogens (tertiary/aromatic N) is 8. The van der Waals surface area contributed by atoms with Crippen molar-refractivity contribution in [3.8, 4) is 0 Å². The molecule has 1 unspecified atom stereocenters. The summed E-state index contributed by atoms with van der Waals surface area (Å²) >= 11 is 0. The minimum Gasteiger partial charge on any atom is -0.384 e. The lowest BCUT2D eigenvalue weighted by Crippen LogP contribution is -2.54. The van der Waals surface area contributed by atoms with Crippen LogP contribution in [0.5, 0.6) is 0 Å². The molecule has 3 N–H and O–H groups in total. The third-order valence-corrected chi connectivity index (χ3v) is 12.9. The lowest BCUT2D eigenvalue weighted by Gasteiger charge is -2.36. The number of imide groups is 2. The Morgan fingerprint density at radius 2 is 1.70 bits per heavy atom. The Morgan fingerprint density at radius 1 is 0.918 bits per heavy atom. The second-order valence-corrected chi connectivity index (χ2v) is 16.7. The molecule has 4 fully saturated rings. The van der Waals surface area contributed by atoms with Crippen molar-refractivity contribution in [3.05, 3.63) is 65.2 Å². The van der Waals surface area contributed by atoms with Gasteiger partial charge in [0.1, 0.15) is 17.4 Å². The Bertz CT molecular complexity index is 2330. The average molecular weight is 842 g/mol. The van der Waals surface area contributed by atoms with Crippen molar-refractivity contribution in [3.63, 3.8) is 0 Å². The predicted octanol–water partition coefficient (Wildman–Crippen LogP) is 4.30. The van der Waals surface area contributed by atoms with Crippen LogP contribution in [0.4, 0.5) is 26.0 Å². The Hall–Kier alpha value is -5.82. The Balaban J connectivity index is 0.736. The number of anilines is 3. The fourth-order valence-electron chi connectivity index (χ4n) is 9.52. The summed E-state index contributed by atoms with van der Waals surface area (Å²) in [7, 11) is 0. The van der Waals surface area contributed by atoms with Crippen molar-refractivity contribution in [1.29, 1.82) is 0 Å². The number of carbonyl (C=O) groups is 5. The van der Waals surface area contributed by atoms with Gasteiger partial charge in [-0.15, -0.1) is 0 Å². The van der Waals surface area contributed by atoms with E-state index in [0.717, 1.165) is 69.5 Å². The maximum atomic E-state index is 14.3. The SMILES string of the molecule is O=C1CCC(N2C(=O)c3cccc(NCCC4CCN(CC5CCC(n6cc(NC(=O)c7cnn8ccc(N9CCOCC9)nc78)c(C(F)F)n6)CC5)CC4)c3C2=O)C(=O)N1. The van der Waals surface area contributed by atoms with Crippen LogP contribution in [0.3, 0.4) is 0 Å². The molecule has 1 saturated carbocycles. The molecule has 322 valence electrons. The topological polar surface area (TPSA) is 188 Å². The van der Waals surface area contributed by atoms with Crippen molar-refractivity contribution in [2.45, 2.75) is 76.3 Å². The zero-order valence-electron chi connectivity index (χ0n) is 33.7. The normalized spacial score (nSPS) is 22.9. The van der Waals surface area contributed by atoms with Gasteiger partial charge >= 0.3 is 0 Å². The van der Waals surface area contributed by atoms with E-state index in [9.17, 15) is 32.8 Å². The van der Waals surface area contributed by atoms with Gasteiger partial charge in [0.25, 0.3) is 24.1 Å². The number of carbonyl (C=O) groups excluding carboxylic acids is 5. The second-order valence-electron chi connectivity index (χ2n) is 16.7. The molecule has 1 aromatic carbocycles. The van der Waals surface area contributed by atoms with Crippen LogP contribution in [0.25, 0.3) is 5.65 Å². The zero-order valence-corrected chi connectivity index (χ0v) is 33.7. The monoisotopic (exact) mass is 841 g/mol. The van der Waals surface area contributed by atoms with Crippen LogP contribution in [0.1, 0.15) is 107 Å². The predicted molar refractivity (Wildman–Crippen MR) is 218 cm³/mol. The smallest absolute Gasteiger partial charge is 0.284 e.